The molecule has 0 spiro atoms. The molecule has 0 saturated carbocycles. The van der Waals surface area contributed by atoms with Crippen molar-refractivity contribution in [3.8, 4) is 0 Å². The van der Waals surface area contributed by atoms with Crippen LogP contribution < -0.4 is 11.2 Å². The highest BCUT2D eigenvalue weighted by atomic mass is 35.5. The molecule has 0 heterocycles. The molecule has 0 aromatic heterocycles. The third kappa shape index (κ3) is 6.98. The Morgan fingerprint density at radius 1 is 0.786 bits per heavy atom. The number of nitrogens with zero attached hydrogens (tertiary/aromatic N) is 3. The molecule has 0 amide bonds. The van der Waals surface area contributed by atoms with Gasteiger partial charge in [-0.2, -0.15) is 10.2 Å². The summed E-state index contributed by atoms with van der Waals surface area (Å²) in [5.41, 5.74) is 12.4. The number of hydrogen-bond donors (Lipinski definition) is 2. The first-order valence-electron chi connectivity index (χ1n) is 9.28. The standard InChI is InChI=1S/C21H25Cl2N5/c1-3-5-19(15-7-11-17(22)12-8-15)25-27-21(24)28-26-20(6-4-2)16-9-13-18(23)14-10-16/h7-14H,3-6H2,1-2H3,(H3,24,27,28)/b25-19+,26-20+. The quantitative estimate of drug-likeness (QED) is 0.332. The van der Waals surface area contributed by atoms with Crippen molar-refractivity contribution in [1.82, 2.24) is 5.43 Å². The van der Waals surface area contributed by atoms with Gasteiger partial charge < -0.3 is 5.73 Å². The fourth-order valence-corrected chi connectivity index (χ4v) is 2.79. The van der Waals surface area contributed by atoms with E-state index in [0.29, 0.717) is 10.0 Å². The third-order valence-electron chi connectivity index (χ3n) is 3.91. The van der Waals surface area contributed by atoms with Gasteiger partial charge in [0.2, 0.25) is 5.96 Å². The smallest absolute Gasteiger partial charge is 0.234 e. The van der Waals surface area contributed by atoms with Crippen molar-refractivity contribution in [3.05, 3.63) is 69.7 Å². The normalized spacial score (nSPS) is 12.9. The van der Waals surface area contributed by atoms with E-state index in [4.69, 9.17) is 28.9 Å². The highest BCUT2D eigenvalue weighted by molar-refractivity contribution is 6.31. The molecule has 0 saturated heterocycles. The van der Waals surface area contributed by atoms with E-state index >= 15 is 0 Å². The fraction of sp³-hybridized carbons (Fsp3) is 0.286. The summed E-state index contributed by atoms with van der Waals surface area (Å²) in [6.45, 7) is 4.18. The maximum atomic E-state index is 5.96. The number of guanidine groups is 1. The van der Waals surface area contributed by atoms with Crippen LogP contribution in [0.5, 0.6) is 0 Å². The summed E-state index contributed by atoms with van der Waals surface area (Å²) >= 11 is 11.9. The van der Waals surface area contributed by atoms with Crippen molar-refractivity contribution in [3.63, 3.8) is 0 Å². The first-order valence-corrected chi connectivity index (χ1v) is 10.0. The Hall–Kier alpha value is -2.37. The third-order valence-corrected chi connectivity index (χ3v) is 4.42. The average Bonchev–Trinajstić information content (AvgIpc) is 2.70. The van der Waals surface area contributed by atoms with Gasteiger partial charge in [0.05, 0.1) is 11.4 Å². The van der Waals surface area contributed by atoms with Crippen molar-refractivity contribution in [2.45, 2.75) is 39.5 Å². The van der Waals surface area contributed by atoms with Crippen LogP contribution in [0.25, 0.3) is 0 Å². The van der Waals surface area contributed by atoms with Crippen LogP contribution in [-0.2, 0) is 0 Å². The Labute approximate surface area is 176 Å². The molecule has 0 fully saturated rings. The second-order valence-electron chi connectivity index (χ2n) is 6.22. The lowest BCUT2D eigenvalue weighted by molar-refractivity contribution is 0.932. The zero-order valence-electron chi connectivity index (χ0n) is 16.1. The SMILES string of the molecule is CCC/C(=N\N=C(N)N/N=C(\CCC)c1ccc(Cl)cc1)c1ccc(Cl)cc1. The lowest BCUT2D eigenvalue weighted by atomic mass is 10.1. The maximum Gasteiger partial charge on any atom is 0.234 e. The van der Waals surface area contributed by atoms with Crippen LogP contribution >= 0.6 is 23.2 Å². The number of hydrazone groups is 1. The Kier molecular flexibility index (Phi) is 8.98. The number of nitrogens with two attached hydrogens (primary N) is 1. The van der Waals surface area contributed by atoms with E-state index in [1.807, 2.05) is 48.5 Å². The molecule has 0 aliphatic heterocycles. The molecule has 0 atom stereocenters. The number of nitrogens with one attached hydrogen (secondary N) is 1. The molecule has 5 nitrogen and oxygen atoms in total. The number of benzene rings is 2. The summed E-state index contributed by atoms with van der Waals surface area (Å²) < 4.78 is 0. The molecule has 0 bridgehead atoms. The van der Waals surface area contributed by atoms with Gasteiger partial charge in [0.15, 0.2) is 0 Å². The van der Waals surface area contributed by atoms with Gasteiger partial charge in [0.25, 0.3) is 0 Å². The molecule has 2 aromatic carbocycles. The lowest BCUT2D eigenvalue weighted by Gasteiger charge is -2.07. The van der Waals surface area contributed by atoms with Crippen molar-refractivity contribution in [2.75, 3.05) is 0 Å². The van der Waals surface area contributed by atoms with Gasteiger partial charge in [0.1, 0.15) is 0 Å². The van der Waals surface area contributed by atoms with E-state index in [2.05, 4.69) is 34.6 Å². The summed E-state index contributed by atoms with van der Waals surface area (Å²) in [7, 11) is 0. The molecule has 0 radical (unpaired) electrons. The van der Waals surface area contributed by atoms with Crippen LogP contribution in [0.4, 0.5) is 0 Å². The van der Waals surface area contributed by atoms with E-state index < -0.39 is 0 Å². The summed E-state index contributed by atoms with van der Waals surface area (Å²) in [5.74, 6) is 0.130. The molecule has 0 unspecified atom stereocenters. The second kappa shape index (κ2) is 11.5. The molecule has 7 heteroatoms. The van der Waals surface area contributed by atoms with Crippen molar-refractivity contribution < 1.29 is 0 Å². The number of hydrogen-bond acceptors (Lipinski definition) is 3. The van der Waals surface area contributed by atoms with Gasteiger partial charge in [-0.3, -0.25) is 0 Å². The Morgan fingerprint density at radius 2 is 1.25 bits per heavy atom. The summed E-state index contributed by atoms with van der Waals surface area (Å²) in [6, 6.07) is 15.1. The Morgan fingerprint density at radius 3 is 1.75 bits per heavy atom. The van der Waals surface area contributed by atoms with E-state index in [0.717, 1.165) is 48.2 Å². The van der Waals surface area contributed by atoms with Crippen LogP contribution in [0.15, 0.2) is 63.8 Å². The highest BCUT2D eigenvalue weighted by Crippen LogP contribution is 2.14. The zero-order chi connectivity index (χ0) is 20.4. The number of rotatable bonds is 8. The van der Waals surface area contributed by atoms with Gasteiger partial charge >= 0.3 is 0 Å². The van der Waals surface area contributed by atoms with Crippen LogP contribution in [-0.4, -0.2) is 17.4 Å². The zero-order valence-corrected chi connectivity index (χ0v) is 17.6. The van der Waals surface area contributed by atoms with Crippen molar-refractivity contribution in [2.24, 2.45) is 21.0 Å². The van der Waals surface area contributed by atoms with Gasteiger partial charge in [-0.15, -0.1) is 5.10 Å². The minimum absolute atomic E-state index is 0.130. The molecule has 2 rings (SSSR count). The maximum absolute atomic E-state index is 5.96. The van der Waals surface area contributed by atoms with Crippen molar-refractivity contribution >= 4 is 40.6 Å². The van der Waals surface area contributed by atoms with Crippen LogP contribution in [0, 0.1) is 0 Å². The predicted octanol–water partition coefficient (Wildman–Crippen LogP) is 5.61. The van der Waals surface area contributed by atoms with Crippen molar-refractivity contribution in [1.29, 1.82) is 0 Å². The second-order valence-corrected chi connectivity index (χ2v) is 7.09. The molecule has 3 N–H and O–H groups in total. The van der Waals surface area contributed by atoms with Gasteiger partial charge in [-0.1, -0.05) is 74.2 Å². The average molecular weight is 418 g/mol. The molecule has 28 heavy (non-hydrogen) atoms. The molecule has 2 aromatic rings. The number of halogens is 2. The van der Waals surface area contributed by atoms with Crippen LogP contribution in [0.3, 0.4) is 0 Å². The Bertz CT molecular complexity index is 840. The minimum atomic E-state index is 0.130. The molecular formula is C21H25Cl2N5. The molecular weight excluding hydrogens is 393 g/mol. The van der Waals surface area contributed by atoms with E-state index in [1.165, 1.54) is 0 Å². The first kappa shape index (κ1) is 21.9. The fourth-order valence-electron chi connectivity index (χ4n) is 2.54. The van der Waals surface area contributed by atoms with Crippen LogP contribution in [0.1, 0.15) is 50.7 Å². The molecule has 0 aliphatic carbocycles. The van der Waals surface area contributed by atoms with E-state index in [1.54, 1.807) is 0 Å². The predicted molar refractivity (Wildman–Crippen MR) is 121 cm³/mol. The molecule has 0 aliphatic rings. The van der Waals surface area contributed by atoms with Gasteiger partial charge in [0, 0.05) is 10.0 Å². The molecule has 148 valence electrons. The van der Waals surface area contributed by atoms with E-state index in [9.17, 15) is 0 Å². The Balaban J connectivity index is 2.17. The summed E-state index contributed by atoms with van der Waals surface area (Å²) in [4.78, 5) is 0. The summed E-state index contributed by atoms with van der Waals surface area (Å²) in [5, 5.41) is 14.2. The van der Waals surface area contributed by atoms with Gasteiger partial charge in [-0.25, -0.2) is 5.43 Å². The largest absolute Gasteiger partial charge is 0.367 e. The highest BCUT2D eigenvalue weighted by Gasteiger charge is 2.05. The van der Waals surface area contributed by atoms with Crippen LogP contribution in [0.2, 0.25) is 10.0 Å². The lowest BCUT2D eigenvalue weighted by Crippen LogP contribution is -2.28. The summed E-state index contributed by atoms with van der Waals surface area (Å²) in [6.07, 6.45) is 3.49. The topological polar surface area (TPSA) is 75.1 Å². The van der Waals surface area contributed by atoms with Gasteiger partial charge in [-0.05, 0) is 48.2 Å². The monoisotopic (exact) mass is 417 g/mol. The first-order chi connectivity index (χ1) is 13.5. The van der Waals surface area contributed by atoms with E-state index in [-0.39, 0.29) is 5.96 Å². The minimum Gasteiger partial charge on any atom is -0.367 e.